The van der Waals surface area contributed by atoms with Crippen molar-refractivity contribution in [2.75, 3.05) is 16.8 Å². The van der Waals surface area contributed by atoms with Crippen LogP contribution in [0.2, 0.25) is 0 Å². The summed E-state index contributed by atoms with van der Waals surface area (Å²) >= 11 is 2.26. The lowest BCUT2D eigenvalue weighted by molar-refractivity contribution is 0.102. The summed E-state index contributed by atoms with van der Waals surface area (Å²) in [5.41, 5.74) is 2.32. The largest absolute Gasteiger partial charge is 0.508 e. The van der Waals surface area contributed by atoms with Crippen molar-refractivity contribution in [1.29, 1.82) is 0 Å². The summed E-state index contributed by atoms with van der Waals surface area (Å²) in [7, 11) is 0. The number of fused-ring (bicyclic) bond motifs is 1. The van der Waals surface area contributed by atoms with Crippen LogP contribution in [0, 0.1) is 11.6 Å². The Morgan fingerprint density at radius 2 is 1.94 bits per heavy atom. The van der Waals surface area contributed by atoms with Gasteiger partial charge < -0.3 is 15.3 Å². The summed E-state index contributed by atoms with van der Waals surface area (Å²) in [6.07, 6.45) is 2.25. The molecule has 4 aromatic rings. The topological polar surface area (TPSA) is 78.4 Å². The standard InChI is InChI=1S/C22H16F2N4O2S2/c23-14-4-2-5-15(24)19(14)21-27-17(11-31-21)20(30)26-16-9-25-32-22(16)28-8-7-13-12(10-28)3-1-6-18(13)29/h1-6,9,11,29H,7-8,10H2,(H,26,30). The first-order valence-electron chi connectivity index (χ1n) is 9.72. The monoisotopic (exact) mass is 470 g/mol. The maximum Gasteiger partial charge on any atom is 0.275 e. The Kier molecular flexibility index (Phi) is 5.32. The fraction of sp³-hybridized carbons (Fsp3) is 0.136. The molecule has 2 aromatic carbocycles. The van der Waals surface area contributed by atoms with E-state index in [0.29, 0.717) is 30.9 Å². The Morgan fingerprint density at radius 3 is 2.75 bits per heavy atom. The number of phenolic OH excluding ortho intramolecular Hbond substituents is 1. The number of thiazole rings is 1. The number of aromatic nitrogens is 2. The second kappa shape index (κ2) is 8.29. The zero-order chi connectivity index (χ0) is 22.2. The molecule has 1 aliphatic heterocycles. The van der Waals surface area contributed by atoms with Gasteiger partial charge in [-0.05, 0) is 41.7 Å². The lowest BCUT2D eigenvalue weighted by atomic mass is 9.99. The molecule has 0 saturated heterocycles. The number of carbonyl (C=O) groups is 1. The van der Waals surface area contributed by atoms with Gasteiger partial charge in [-0.1, -0.05) is 18.2 Å². The molecule has 10 heteroatoms. The molecule has 2 aromatic heterocycles. The predicted octanol–water partition coefficient (Wildman–Crippen LogP) is 5.07. The summed E-state index contributed by atoms with van der Waals surface area (Å²) in [6.45, 7) is 1.26. The molecule has 5 rings (SSSR count). The van der Waals surface area contributed by atoms with Gasteiger partial charge in [0.25, 0.3) is 5.91 Å². The normalized spacial score (nSPS) is 13.1. The Balaban J connectivity index is 1.35. The van der Waals surface area contributed by atoms with Gasteiger partial charge in [0.1, 0.15) is 33.1 Å². The molecule has 0 fully saturated rings. The van der Waals surface area contributed by atoms with Crippen LogP contribution >= 0.6 is 22.9 Å². The van der Waals surface area contributed by atoms with Gasteiger partial charge in [0.2, 0.25) is 0 Å². The van der Waals surface area contributed by atoms with Crippen LogP contribution in [0.3, 0.4) is 0 Å². The molecule has 1 amide bonds. The lowest BCUT2D eigenvalue weighted by Crippen LogP contribution is -2.30. The van der Waals surface area contributed by atoms with Crippen LogP contribution in [0.25, 0.3) is 10.6 Å². The van der Waals surface area contributed by atoms with Crippen LogP contribution < -0.4 is 10.2 Å². The molecule has 3 heterocycles. The maximum atomic E-state index is 14.0. The molecule has 0 spiro atoms. The Hall–Kier alpha value is -3.37. The Bertz CT molecular complexity index is 1300. The summed E-state index contributed by atoms with van der Waals surface area (Å²) < 4.78 is 32.3. The highest BCUT2D eigenvalue weighted by atomic mass is 32.1. The molecular formula is C22H16F2N4O2S2. The molecule has 6 nitrogen and oxygen atoms in total. The average molecular weight is 471 g/mol. The van der Waals surface area contributed by atoms with Crippen molar-refractivity contribution in [2.45, 2.75) is 13.0 Å². The van der Waals surface area contributed by atoms with Crippen LogP contribution in [0.15, 0.2) is 48.0 Å². The minimum Gasteiger partial charge on any atom is -0.508 e. The quantitative estimate of drug-likeness (QED) is 0.436. The van der Waals surface area contributed by atoms with E-state index in [1.165, 1.54) is 23.0 Å². The molecule has 0 saturated carbocycles. The molecule has 1 aliphatic rings. The van der Waals surface area contributed by atoms with Gasteiger partial charge in [0, 0.05) is 24.0 Å². The van der Waals surface area contributed by atoms with Crippen LogP contribution in [0.5, 0.6) is 5.75 Å². The smallest absolute Gasteiger partial charge is 0.275 e. The van der Waals surface area contributed by atoms with Crippen LogP contribution in [0.4, 0.5) is 19.5 Å². The number of carbonyl (C=O) groups excluding carboxylic acids is 1. The number of nitrogens with one attached hydrogen (secondary N) is 1. The third kappa shape index (κ3) is 3.71. The van der Waals surface area contributed by atoms with Crippen molar-refractivity contribution in [3.05, 3.63) is 76.4 Å². The van der Waals surface area contributed by atoms with E-state index in [4.69, 9.17) is 0 Å². The molecule has 0 bridgehead atoms. The summed E-state index contributed by atoms with van der Waals surface area (Å²) in [5, 5.41) is 15.2. The maximum absolute atomic E-state index is 14.0. The fourth-order valence-electron chi connectivity index (χ4n) is 3.69. The van der Waals surface area contributed by atoms with Crippen molar-refractivity contribution < 1.29 is 18.7 Å². The van der Waals surface area contributed by atoms with Gasteiger partial charge in [-0.25, -0.2) is 13.8 Å². The van der Waals surface area contributed by atoms with E-state index in [2.05, 4.69) is 19.6 Å². The van der Waals surface area contributed by atoms with E-state index in [0.717, 1.165) is 39.6 Å². The van der Waals surface area contributed by atoms with Gasteiger partial charge in [0.15, 0.2) is 0 Å². The summed E-state index contributed by atoms with van der Waals surface area (Å²) in [6, 6.07) is 9.05. The molecule has 0 atom stereocenters. The summed E-state index contributed by atoms with van der Waals surface area (Å²) in [4.78, 5) is 19.0. The van der Waals surface area contributed by atoms with Gasteiger partial charge in [0.05, 0.1) is 17.4 Å². The highest BCUT2D eigenvalue weighted by molar-refractivity contribution is 7.13. The summed E-state index contributed by atoms with van der Waals surface area (Å²) in [5.74, 6) is -1.65. The molecular weight excluding hydrogens is 454 g/mol. The first kappa shape index (κ1) is 20.5. The third-order valence-corrected chi connectivity index (χ3v) is 6.96. The van der Waals surface area contributed by atoms with Crippen LogP contribution in [-0.4, -0.2) is 26.9 Å². The number of aromatic hydroxyl groups is 1. The number of nitrogens with zero attached hydrogens (tertiary/aromatic N) is 3. The highest BCUT2D eigenvalue weighted by Gasteiger charge is 2.24. The minimum absolute atomic E-state index is 0.0683. The fourth-order valence-corrected chi connectivity index (χ4v) is 5.27. The van der Waals surface area contributed by atoms with Gasteiger partial charge in [-0.2, -0.15) is 4.37 Å². The number of halogens is 2. The molecule has 2 N–H and O–H groups in total. The molecule has 32 heavy (non-hydrogen) atoms. The lowest BCUT2D eigenvalue weighted by Gasteiger charge is -2.30. The Morgan fingerprint density at radius 1 is 1.16 bits per heavy atom. The number of rotatable bonds is 4. The second-order valence-corrected chi connectivity index (χ2v) is 8.86. The molecule has 0 radical (unpaired) electrons. The first-order valence-corrected chi connectivity index (χ1v) is 11.4. The van der Waals surface area contributed by atoms with Crippen molar-refractivity contribution in [1.82, 2.24) is 9.36 Å². The number of hydrogen-bond donors (Lipinski definition) is 2. The second-order valence-electron chi connectivity index (χ2n) is 7.22. The van der Waals surface area contributed by atoms with Gasteiger partial charge >= 0.3 is 0 Å². The van der Waals surface area contributed by atoms with E-state index in [9.17, 15) is 18.7 Å². The van der Waals surface area contributed by atoms with Crippen molar-refractivity contribution in [2.24, 2.45) is 0 Å². The minimum atomic E-state index is -0.730. The highest BCUT2D eigenvalue weighted by Crippen LogP contribution is 2.36. The van der Waals surface area contributed by atoms with E-state index in [-0.39, 0.29) is 16.3 Å². The van der Waals surface area contributed by atoms with E-state index < -0.39 is 17.5 Å². The van der Waals surface area contributed by atoms with Crippen molar-refractivity contribution >= 4 is 39.5 Å². The molecule has 0 aliphatic carbocycles. The van der Waals surface area contributed by atoms with Gasteiger partial charge in [-0.3, -0.25) is 4.79 Å². The van der Waals surface area contributed by atoms with Crippen LogP contribution in [0.1, 0.15) is 21.6 Å². The first-order chi connectivity index (χ1) is 15.5. The van der Waals surface area contributed by atoms with E-state index >= 15 is 0 Å². The SMILES string of the molecule is O=C(Nc1cnsc1N1CCc2c(O)cccc2C1)c1csc(-c2c(F)cccc2F)n1. The number of amides is 1. The zero-order valence-electron chi connectivity index (χ0n) is 16.5. The number of anilines is 2. The zero-order valence-corrected chi connectivity index (χ0v) is 18.1. The third-order valence-electron chi connectivity index (χ3n) is 5.24. The van der Waals surface area contributed by atoms with E-state index in [1.807, 2.05) is 12.1 Å². The van der Waals surface area contributed by atoms with Crippen molar-refractivity contribution in [3.63, 3.8) is 0 Å². The number of phenols is 1. The predicted molar refractivity (Wildman–Crippen MR) is 120 cm³/mol. The number of benzene rings is 2. The van der Waals surface area contributed by atoms with E-state index in [1.54, 1.807) is 12.3 Å². The van der Waals surface area contributed by atoms with Gasteiger partial charge in [-0.15, -0.1) is 11.3 Å². The Labute approximate surface area is 190 Å². The average Bonchev–Trinajstić information content (AvgIpc) is 3.44. The van der Waals surface area contributed by atoms with Crippen molar-refractivity contribution in [3.8, 4) is 16.3 Å². The molecule has 162 valence electrons. The molecule has 0 unspecified atom stereocenters. The van der Waals surface area contributed by atoms with Crippen LogP contribution in [-0.2, 0) is 13.0 Å². The number of hydrogen-bond acceptors (Lipinski definition) is 7.